The molecule has 0 aromatic heterocycles. The SMILES string of the molecule is CCC1(CC)CNc2ccc(I)cc2NC1=O. The maximum atomic E-state index is 12.3. The third-order valence-electron chi connectivity index (χ3n) is 3.68. The molecule has 0 bridgehead atoms. The Balaban J connectivity index is 2.37. The van der Waals surface area contributed by atoms with E-state index in [0.717, 1.165) is 27.8 Å². The molecule has 0 radical (unpaired) electrons. The Morgan fingerprint density at radius 2 is 2.00 bits per heavy atom. The minimum absolute atomic E-state index is 0.135. The molecule has 0 fully saturated rings. The predicted molar refractivity (Wildman–Crippen MR) is 79.3 cm³/mol. The van der Waals surface area contributed by atoms with Crippen molar-refractivity contribution in [1.82, 2.24) is 0 Å². The molecule has 2 N–H and O–H groups in total. The summed E-state index contributed by atoms with van der Waals surface area (Å²) in [7, 11) is 0. The highest BCUT2D eigenvalue weighted by Gasteiger charge is 2.37. The van der Waals surface area contributed by atoms with E-state index in [4.69, 9.17) is 0 Å². The number of hydrogen-bond donors (Lipinski definition) is 2. The van der Waals surface area contributed by atoms with Crippen LogP contribution in [0.4, 0.5) is 11.4 Å². The second-order valence-electron chi connectivity index (χ2n) is 4.49. The molecule has 1 amide bonds. The zero-order chi connectivity index (χ0) is 12.5. The average Bonchev–Trinajstić information content (AvgIpc) is 2.45. The van der Waals surface area contributed by atoms with Crippen LogP contribution in [0, 0.1) is 8.99 Å². The summed E-state index contributed by atoms with van der Waals surface area (Å²) < 4.78 is 1.13. The number of carbonyl (C=O) groups is 1. The van der Waals surface area contributed by atoms with Gasteiger partial charge in [-0.25, -0.2) is 0 Å². The molecule has 1 aromatic rings. The van der Waals surface area contributed by atoms with Crippen LogP contribution in [0.1, 0.15) is 26.7 Å². The molecule has 1 aromatic carbocycles. The molecule has 0 spiro atoms. The standard InChI is InChI=1S/C13H17IN2O/c1-3-13(4-2)8-15-10-6-5-9(14)7-11(10)16-12(13)17/h5-7,15H,3-4,8H2,1-2H3,(H,16,17). The molecule has 1 aliphatic rings. The molecular weight excluding hydrogens is 327 g/mol. The van der Waals surface area contributed by atoms with Gasteiger partial charge in [-0.1, -0.05) is 13.8 Å². The molecular formula is C13H17IN2O. The lowest BCUT2D eigenvalue weighted by Crippen LogP contribution is -2.39. The van der Waals surface area contributed by atoms with Crippen LogP contribution in [0.2, 0.25) is 0 Å². The first-order valence-electron chi connectivity index (χ1n) is 5.96. The number of rotatable bonds is 2. The Bertz CT molecular complexity index is 441. The maximum Gasteiger partial charge on any atom is 0.232 e. The number of hydrogen-bond acceptors (Lipinski definition) is 2. The summed E-state index contributed by atoms with van der Waals surface area (Å²) in [5, 5.41) is 6.44. The Labute approximate surface area is 116 Å². The van der Waals surface area contributed by atoms with E-state index in [0.29, 0.717) is 6.54 Å². The van der Waals surface area contributed by atoms with Crippen LogP contribution in [0.3, 0.4) is 0 Å². The number of carbonyl (C=O) groups excluding carboxylic acids is 1. The molecule has 1 heterocycles. The third kappa shape index (κ3) is 2.27. The molecule has 0 saturated heterocycles. The molecule has 0 unspecified atom stereocenters. The molecule has 0 aliphatic carbocycles. The van der Waals surface area contributed by atoms with E-state index < -0.39 is 0 Å². The number of nitrogens with one attached hydrogen (secondary N) is 2. The third-order valence-corrected chi connectivity index (χ3v) is 4.35. The number of fused-ring (bicyclic) bond motifs is 1. The molecule has 17 heavy (non-hydrogen) atoms. The van der Waals surface area contributed by atoms with Gasteiger partial charge in [0, 0.05) is 10.1 Å². The van der Waals surface area contributed by atoms with Crippen LogP contribution in [0.25, 0.3) is 0 Å². The van der Waals surface area contributed by atoms with Crippen molar-refractivity contribution < 1.29 is 4.79 Å². The van der Waals surface area contributed by atoms with Crippen molar-refractivity contribution in [2.75, 3.05) is 17.2 Å². The van der Waals surface area contributed by atoms with Crippen molar-refractivity contribution in [3.05, 3.63) is 21.8 Å². The van der Waals surface area contributed by atoms with E-state index in [1.54, 1.807) is 0 Å². The van der Waals surface area contributed by atoms with Gasteiger partial charge in [-0.3, -0.25) is 4.79 Å². The van der Waals surface area contributed by atoms with Crippen molar-refractivity contribution >= 4 is 39.9 Å². The van der Waals surface area contributed by atoms with Crippen molar-refractivity contribution in [3.63, 3.8) is 0 Å². The monoisotopic (exact) mass is 344 g/mol. The van der Waals surface area contributed by atoms with Crippen LogP contribution >= 0.6 is 22.6 Å². The Morgan fingerprint density at radius 3 is 2.65 bits per heavy atom. The van der Waals surface area contributed by atoms with Crippen LogP contribution in [0.5, 0.6) is 0 Å². The first-order valence-corrected chi connectivity index (χ1v) is 7.04. The second-order valence-corrected chi connectivity index (χ2v) is 5.73. The van der Waals surface area contributed by atoms with E-state index in [9.17, 15) is 4.79 Å². The van der Waals surface area contributed by atoms with Gasteiger partial charge < -0.3 is 10.6 Å². The molecule has 1 aliphatic heterocycles. The minimum Gasteiger partial charge on any atom is -0.382 e. The lowest BCUT2D eigenvalue weighted by Gasteiger charge is -2.27. The topological polar surface area (TPSA) is 41.1 Å². The normalized spacial score (nSPS) is 17.7. The fourth-order valence-corrected chi connectivity index (χ4v) is 2.69. The van der Waals surface area contributed by atoms with Gasteiger partial charge in [-0.05, 0) is 53.6 Å². The van der Waals surface area contributed by atoms with Gasteiger partial charge in [0.2, 0.25) is 5.91 Å². The Hall–Kier alpha value is -0.780. The Morgan fingerprint density at radius 1 is 1.29 bits per heavy atom. The average molecular weight is 344 g/mol. The van der Waals surface area contributed by atoms with E-state index >= 15 is 0 Å². The molecule has 2 rings (SSSR count). The fourth-order valence-electron chi connectivity index (χ4n) is 2.19. The highest BCUT2D eigenvalue weighted by molar-refractivity contribution is 14.1. The first kappa shape index (κ1) is 12.7. The molecule has 3 nitrogen and oxygen atoms in total. The van der Waals surface area contributed by atoms with Gasteiger partial charge in [-0.15, -0.1) is 0 Å². The van der Waals surface area contributed by atoms with Gasteiger partial charge >= 0.3 is 0 Å². The predicted octanol–water partition coefficient (Wildman–Crippen LogP) is 3.46. The van der Waals surface area contributed by atoms with Crippen molar-refractivity contribution in [3.8, 4) is 0 Å². The summed E-state index contributed by atoms with van der Waals surface area (Å²) in [5.74, 6) is 0.135. The van der Waals surface area contributed by atoms with Gasteiger partial charge in [0.25, 0.3) is 0 Å². The van der Waals surface area contributed by atoms with Crippen molar-refractivity contribution in [2.45, 2.75) is 26.7 Å². The molecule has 0 saturated carbocycles. The van der Waals surface area contributed by atoms with Crippen molar-refractivity contribution in [1.29, 1.82) is 0 Å². The van der Waals surface area contributed by atoms with E-state index in [2.05, 4.69) is 47.1 Å². The van der Waals surface area contributed by atoms with Crippen LogP contribution in [-0.2, 0) is 4.79 Å². The van der Waals surface area contributed by atoms with Gasteiger partial charge in [0.1, 0.15) is 0 Å². The minimum atomic E-state index is -0.287. The number of anilines is 2. The fraction of sp³-hybridized carbons (Fsp3) is 0.462. The summed E-state index contributed by atoms with van der Waals surface area (Å²) in [6.07, 6.45) is 1.71. The first-order chi connectivity index (χ1) is 8.11. The Kier molecular flexibility index (Phi) is 3.61. The summed E-state index contributed by atoms with van der Waals surface area (Å²) >= 11 is 2.25. The summed E-state index contributed by atoms with van der Waals surface area (Å²) in [4.78, 5) is 12.3. The van der Waals surface area contributed by atoms with Crippen LogP contribution < -0.4 is 10.6 Å². The van der Waals surface area contributed by atoms with Gasteiger partial charge in [0.15, 0.2) is 0 Å². The zero-order valence-electron chi connectivity index (χ0n) is 10.1. The quantitative estimate of drug-likeness (QED) is 0.807. The van der Waals surface area contributed by atoms with E-state index in [-0.39, 0.29) is 11.3 Å². The number of amides is 1. The zero-order valence-corrected chi connectivity index (χ0v) is 12.3. The molecule has 4 heteroatoms. The maximum absolute atomic E-state index is 12.3. The van der Waals surface area contributed by atoms with E-state index in [1.807, 2.05) is 18.2 Å². The summed E-state index contributed by atoms with van der Waals surface area (Å²) in [6, 6.07) is 6.07. The van der Waals surface area contributed by atoms with E-state index in [1.165, 1.54) is 0 Å². The van der Waals surface area contributed by atoms with Gasteiger partial charge in [-0.2, -0.15) is 0 Å². The second kappa shape index (κ2) is 4.84. The highest BCUT2D eigenvalue weighted by Crippen LogP contribution is 2.35. The van der Waals surface area contributed by atoms with Crippen LogP contribution in [-0.4, -0.2) is 12.5 Å². The van der Waals surface area contributed by atoms with Crippen molar-refractivity contribution in [2.24, 2.45) is 5.41 Å². The molecule has 92 valence electrons. The summed E-state index contributed by atoms with van der Waals surface area (Å²) in [6.45, 7) is 4.86. The number of halogens is 1. The largest absolute Gasteiger partial charge is 0.382 e. The molecule has 0 atom stereocenters. The van der Waals surface area contributed by atoms with Crippen LogP contribution in [0.15, 0.2) is 18.2 Å². The smallest absolute Gasteiger partial charge is 0.232 e. The van der Waals surface area contributed by atoms with Gasteiger partial charge in [0.05, 0.1) is 16.8 Å². The lowest BCUT2D eigenvalue weighted by atomic mass is 9.81. The highest BCUT2D eigenvalue weighted by atomic mass is 127. The lowest BCUT2D eigenvalue weighted by molar-refractivity contribution is -0.125. The summed E-state index contributed by atoms with van der Waals surface area (Å²) in [5.41, 5.74) is 1.62. The number of benzene rings is 1.